The van der Waals surface area contributed by atoms with Gasteiger partial charge in [0.25, 0.3) is 10.9 Å². The Kier molecular flexibility index (Phi) is 5.00. The van der Waals surface area contributed by atoms with Crippen molar-refractivity contribution >= 4 is 50.0 Å². The molecule has 0 aliphatic heterocycles. The molecule has 0 radical (unpaired) electrons. The summed E-state index contributed by atoms with van der Waals surface area (Å²) < 4.78 is 6.29. The fourth-order valence-electron chi connectivity index (χ4n) is 2.33. The summed E-state index contributed by atoms with van der Waals surface area (Å²) in [6.45, 7) is 0. The second-order valence-corrected chi connectivity index (χ2v) is 7.46. The Balaban J connectivity index is 1.38. The maximum absolute atomic E-state index is 12.2. The van der Waals surface area contributed by atoms with Crippen LogP contribution in [0.3, 0.4) is 0 Å². The molecular weight excluding hydrogens is 402 g/mol. The molecule has 1 amide bonds. The Morgan fingerprint density at radius 2 is 2.04 bits per heavy atom. The first-order chi connectivity index (χ1) is 13.6. The topological polar surface area (TPSA) is 124 Å². The number of rotatable bonds is 6. The lowest BCUT2D eigenvalue weighted by molar-refractivity contribution is -0.384. The summed E-state index contributed by atoms with van der Waals surface area (Å²) in [4.78, 5) is 26.7. The maximum Gasteiger partial charge on any atom is 0.277 e. The van der Waals surface area contributed by atoms with Crippen molar-refractivity contribution in [3.8, 4) is 11.5 Å². The number of thiazole rings is 1. The minimum atomic E-state index is -0.484. The van der Waals surface area contributed by atoms with Crippen LogP contribution in [-0.2, 0) is 4.79 Å². The van der Waals surface area contributed by atoms with Crippen LogP contribution in [0.4, 0.5) is 10.8 Å². The van der Waals surface area contributed by atoms with Gasteiger partial charge in [0.2, 0.25) is 11.8 Å². The van der Waals surface area contributed by atoms with Crippen LogP contribution in [0.25, 0.3) is 21.7 Å². The molecule has 2 aromatic heterocycles. The van der Waals surface area contributed by atoms with Crippen LogP contribution in [0.5, 0.6) is 0 Å². The van der Waals surface area contributed by atoms with E-state index < -0.39 is 4.92 Å². The molecule has 0 bridgehead atoms. The lowest BCUT2D eigenvalue weighted by atomic mass is 10.2. The Labute approximate surface area is 166 Å². The molecule has 0 aliphatic rings. The van der Waals surface area contributed by atoms with E-state index in [1.807, 2.05) is 30.3 Å². The van der Waals surface area contributed by atoms with Gasteiger partial charge in [-0.25, -0.2) is 4.98 Å². The van der Waals surface area contributed by atoms with Gasteiger partial charge in [-0.05, 0) is 18.2 Å². The van der Waals surface area contributed by atoms with Gasteiger partial charge in [0.05, 0.1) is 20.9 Å². The number of hydrogen-bond donors (Lipinski definition) is 1. The molecule has 0 fully saturated rings. The van der Waals surface area contributed by atoms with Gasteiger partial charge in [-0.1, -0.05) is 41.3 Å². The molecule has 0 saturated heterocycles. The fraction of sp³-hybridized carbons (Fsp3) is 0.0588. The molecule has 11 heteroatoms. The molecule has 0 saturated carbocycles. The second-order valence-electron chi connectivity index (χ2n) is 5.50. The van der Waals surface area contributed by atoms with E-state index in [0.717, 1.165) is 22.0 Å². The van der Waals surface area contributed by atoms with Gasteiger partial charge in [0.1, 0.15) is 0 Å². The third-order valence-electron chi connectivity index (χ3n) is 3.58. The van der Waals surface area contributed by atoms with Crippen molar-refractivity contribution in [2.24, 2.45) is 0 Å². The van der Waals surface area contributed by atoms with Crippen molar-refractivity contribution in [1.82, 2.24) is 15.2 Å². The van der Waals surface area contributed by atoms with Crippen LogP contribution in [0.15, 0.2) is 58.2 Å². The van der Waals surface area contributed by atoms with E-state index in [0.29, 0.717) is 16.5 Å². The number of fused-ring (bicyclic) bond motifs is 1. The number of nitro groups is 1. The van der Waals surface area contributed by atoms with Gasteiger partial charge in [-0.15, -0.1) is 10.2 Å². The lowest BCUT2D eigenvalue weighted by Gasteiger charge is -1.98. The van der Waals surface area contributed by atoms with Crippen molar-refractivity contribution in [3.63, 3.8) is 0 Å². The molecule has 28 heavy (non-hydrogen) atoms. The summed E-state index contributed by atoms with van der Waals surface area (Å²) in [5.41, 5.74) is 1.22. The SMILES string of the molecule is O=C(CSc1nnc(-c2ccccc2)o1)Nc1nc2cc([N+](=O)[O-])ccc2s1. The number of carbonyl (C=O) groups is 1. The minimum Gasteiger partial charge on any atom is -0.411 e. The largest absolute Gasteiger partial charge is 0.411 e. The molecule has 2 aromatic carbocycles. The maximum atomic E-state index is 12.2. The molecule has 1 N–H and O–H groups in total. The van der Waals surface area contributed by atoms with Crippen LogP contribution in [0.2, 0.25) is 0 Å². The first-order valence-corrected chi connectivity index (χ1v) is 9.75. The molecule has 2 heterocycles. The van der Waals surface area contributed by atoms with Crippen LogP contribution in [0, 0.1) is 10.1 Å². The number of non-ortho nitro benzene ring substituents is 1. The summed E-state index contributed by atoms with van der Waals surface area (Å²) in [5.74, 6) is 0.154. The first-order valence-electron chi connectivity index (χ1n) is 7.95. The first kappa shape index (κ1) is 18.1. The quantitative estimate of drug-likeness (QED) is 0.286. The molecular formula is C17H11N5O4S2. The number of thioether (sulfide) groups is 1. The normalized spacial score (nSPS) is 10.9. The van der Waals surface area contributed by atoms with Crippen LogP contribution >= 0.6 is 23.1 Å². The monoisotopic (exact) mass is 413 g/mol. The highest BCUT2D eigenvalue weighted by Gasteiger charge is 2.14. The highest BCUT2D eigenvalue weighted by molar-refractivity contribution is 7.99. The zero-order chi connectivity index (χ0) is 19.5. The van der Waals surface area contributed by atoms with Gasteiger partial charge >= 0.3 is 0 Å². The average Bonchev–Trinajstić information content (AvgIpc) is 3.33. The van der Waals surface area contributed by atoms with Crippen molar-refractivity contribution in [3.05, 3.63) is 58.6 Å². The summed E-state index contributed by atoms with van der Waals surface area (Å²) in [5, 5.41) is 22.1. The van der Waals surface area contributed by atoms with E-state index in [1.165, 1.54) is 23.5 Å². The zero-order valence-electron chi connectivity index (χ0n) is 14.1. The number of hydrogen-bond acceptors (Lipinski definition) is 9. The van der Waals surface area contributed by atoms with Crippen LogP contribution < -0.4 is 5.32 Å². The standard InChI is InChI=1S/C17H11N5O4S2/c23-14(9-27-17-21-20-15(26-17)10-4-2-1-3-5-10)19-16-18-12-8-11(22(24)25)6-7-13(12)28-16/h1-8H,9H2,(H,18,19,23). The molecule has 0 aliphatic carbocycles. The Bertz CT molecular complexity index is 1160. The molecule has 0 atom stereocenters. The number of benzene rings is 2. The van der Waals surface area contributed by atoms with Crippen LogP contribution in [-0.4, -0.2) is 31.8 Å². The Morgan fingerprint density at radius 3 is 2.82 bits per heavy atom. The number of anilines is 1. The number of aromatic nitrogens is 3. The van der Waals surface area contributed by atoms with Gasteiger partial charge in [-0.3, -0.25) is 14.9 Å². The lowest BCUT2D eigenvalue weighted by Crippen LogP contribution is -2.13. The highest BCUT2D eigenvalue weighted by atomic mass is 32.2. The summed E-state index contributed by atoms with van der Waals surface area (Å²) in [6, 6.07) is 13.7. The predicted octanol–water partition coefficient (Wildman–Crippen LogP) is 3.99. The van der Waals surface area contributed by atoms with E-state index in [9.17, 15) is 14.9 Å². The van der Waals surface area contributed by atoms with Crippen molar-refractivity contribution < 1.29 is 14.1 Å². The van der Waals surface area contributed by atoms with Gasteiger partial charge in [0, 0.05) is 17.7 Å². The third kappa shape index (κ3) is 4.00. The Morgan fingerprint density at radius 1 is 1.21 bits per heavy atom. The van der Waals surface area contributed by atoms with Gasteiger partial charge in [0.15, 0.2) is 5.13 Å². The summed E-state index contributed by atoms with van der Waals surface area (Å²) in [6.07, 6.45) is 0. The van der Waals surface area contributed by atoms with E-state index >= 15 is 0 Å². The summed E-state index contributed by atoms with van der Waals surface area (Å²) >= 11 is 2.35. The number of nitro benzene ring substituents is 1. The molecule has 140 valence electrons. The number of carbonyl (C=O) groups excluding carboxylic acids is 1. The second kappa shape index (κ2) is 7.74. The number of nitrogens with one attached hydrogen (secondary N) is 1. The van der Waals surface area contributed by atoms with Crippen molar-refractivity contribution in [2.45, 2.75) is 5.22 Å². The van der Waals surface area contributed by atoms with Crippen molar-refractivity contribution in [2.75, 3.05) is 11.1 Å². The Hall–Kier alpha value is -3.31. The molecule has 0 unspecified atom stereocenters. The highest BCUT2D eigenvalue weighted by Crippen LogP contribution is 2.29. The smallest absolute Gasteiger partial charge is 0.277 e. The minimum absolute atomic E-state index is 0.0446. The number of nitrogens with zero attached hydrogens (tertiary/aromatic N) is 4. The van der Waals surface area contributed by atoms with Crippen molar-refractivity contribution in [1.29, 1.82) is 0 Å². The van der Waals surface area contributed by atoms with E-state index in [2.05, 4.69) is 20.5 Å². The molecule has 0 spiro atoms. The summed E-state index contributed by atoms with van der Waals surface area (Å²) in [7, 11) is 0. The van der Waals surface area contributed by atoms with Crippen LogP contribution in [0.1, 0.15) is 0 Å². The number of amides is 1. The van der Waals surface area contributed by atoms with Gasteiger partial charge < -0.3 is 9.73 Å². The third-order valence-corrected chi connectivity index (χ3v) is 5.35. The van der Waals surface area contributed by atoms with E-state index in [1.54, 1.807) is 6.07 Å². The zero-order valence-corrected chi connectivity index (χ0v) is 15.7. The molecule has 4 rings (SSSR count). The van der Waals surface area contributed by atoms with Gasteiger partial charge in [-0.2, -0.15) is 0 Å². The molecule has 4 aromatic rings. The molecule has 9 nitrogen and oxygen atoms in total. The average molecular weight is 413 g/mol. The predicted molar refractivity (Wildman–Crippen MR) is 105 cm³/mol. The fourth-order valence-corrected chi connectivity index (χ4v) is 3.76. The van der Waals surface area contributed by atoms with E-state index in [-0.39, 0.29) is 22.6 Å². The van der Waals surface area contributed by atoms with E-state index in [4.69, 9.17) is 4.42 Å².